The van der Waals surface area contributed by atoms with Crippen molar-refractivity contribution >= 4 is 34.3 Å². The molecule has 0 saturated carbocycles. The van der Waals surface area contributed by atoms with Crippen LogP contribution in [0.3, 0.4) is 0 Å². The van der Waals surface area contributed by atoms with Gasteiger partial charge in [-0.05, 0) is 49.2 Å². The molecule has 9 heteroatoms. The van der Waals surface area contributed by atoms with Gasteiger partial charge in [0.15, 0.2) is 0 Å². The third-order valence-corrected chi connectivity index (χ3v) is 6.60. The molecule has 8 nitrogen and oxygen atoms in total. The molecule has 3 heterocycles. The molecule has 1 aliphatic rings. The first kappa shape index (κ1) is 21.7. The van der Waals surface area contributed by atoms with Crippen molar-refractivity contribution in [2.45, 2.75) is 12.8 Å². The van der Waals surface area contributed by atoms with Crippen molar-refractivity contribution in [2.75, 3.05) is 23.3 Å². The zero-order valence-electron chi connectivity index (χ0n) is 18.2. The van der Waals surface area contributed by atoms with Gasteiger partial charge in [-0.3, -0.25) is 19.9 Å². The second-order valence-corrected chi connectivity index (χ2v) is 8.83. The van der Waals surface area contributed by atoms with Crippen LogP contribution in [0.4, 0.5) is 17.1 Å². The summed E-state index contributed by atoms with van der Waals surface area (Å²) in [7, 11) is 0. The minimum absolute atomic E-state index is 0.0475. The van der Waals surface area contributed by atoms with Gasteiger partial charge in [0, 0.05) is 59.3 Å². The predicted molar refractivity (Wildman–Crippen MR) is 133 cm³/mol. The molecule has 0 unspecified atom stereocenters. The molecule has 0 bridgehead atoms. The molecule has 34 heavy (non-hydrogen) atoms. The average Bonchev–Trinajstić information content (AvgIpc) is 3.57. The van der Waals surface area contributed by atoms with Gasteiger partial charge in [-0.1, -0.05) is 12.1 Å². The first-order valence-corrected chi connectivity index (χ1v) is 11.8. The zero-order chi connectivity index (χ0) is 23.5. The molecule has 1 saturated heterocycles. The number of aromatic nitrogens is 2. The van der Waals surface area contributed by atoms with Crippen LogP contribution in [0, 0.1) is 10.1 Å². The summed E-state index contributed by atoms with van der Waals surface area (Å²) in [6.45, 7) is 1.58. The number of amides is 1. The molecule has 1 fully saturated rings. The molecule has 1 N–H and O–H groups in total. The third kappa shape index (κ3) is 4.51. The van der Waals surface area contributed by atoms with Crippen molar-refractivity contribution in [3.8, 4) is 21.8 Å². The Labute approximate surface area is 200 Å². The predicted octanol–water partition coefficient (Wildman–Crippen LogP) is 5.63. The van der Waals surface area contributed by atoms with Gasteiger partial charge in [0.2, 0.25) is 0 Å². The molecule has 0 spiro atoms. The molecular formula is C25H21N5O3S. The van der Waals surface area contributed by atoms with Crippen LogP contribution in [0.5, 0.6) is 0 Å². The topological polar surface area (TPSA) is 101 Å². The molecular weight excluding hydrogens is 450 g/mol. The molecule has 170 valence electrons. The Morgan fingerprint density at radius 3 is 2.65 bits per heavy atom. The fourth-order valence-electron chi connectivity index (χ4n) is 4.02. The first-order chi connectivity index (χ1) is 16.6. The van der Waals surface area contributed by atoms with E-state index < -0.39 is 10.8 Å². The maximum Gasteiger partial charge on any atom is 0.293 e. The molecule has 0 aliphatic carbocycles. The van der Waals surface area contributed by atoms with E-state index in [0.29, 0.717) is 11.4 Å². The van der Waals surface area contributed by atoms with Crippen LogP contribution < -0.4 is 10.2 Å². The largest absolute Gasteiger partial charge is 0.366 e. The Kier molecular flexibility index (Phi) is 6.01. The van der Waals surface area contributed by atoms with E-state index in [0.717, 1.165) is 47.8 Å². The van der Waals surface area contributed by atoms with E-state index in [1.807, 2.05) is 40.6 Å². The minimum atomic E-state index is -0.423. The fraction of sp³-hybridized carbons (Fsp3) is 0.160. The van der Waals surface area contributed by atoms with E-state index in [2.05, 4.69) is 10.3 Å². The van der Waals surface area contributed by atoms with Gasteiger partial charge < -0.3 is 10.2 Å². The van der Waals surface area contributed by atoms with Crippen molar-refractivity contribution < 1.29 is 9.72 Å². The lowest BCUT2D eigenvalue weighted by Crippen LogP contribution is -2.19. The van der Waals surface area contributed by atoms with E-state index in [1.165, 1.54) is 17.4 Å². The number of pyridine rings is 1. The molecule has 5 rings (SSSR count). The van der Waals surface area contributed by atoms with E-state index in [-0.39, 0.29) is 11.3 Å². The van der Waals surface area contributed by atoms with Crippen molar-refractivity contribution in [3.63, 3.8) is 0 Å². The highest BCUT2D eigenvalue weighted by Gasteiger charge is 2.24. The van der Waals surface area contributed by atoms with Crippen LogP contribution in [-0.4, -0.2) is 33.9 Å². The molecule has 2 aromatic carbocycles. The standard InChI is InChI=1S/C25H21N5O3S/c31-24(18-8-9-22(23(14-18)30(32)33)29-11-1-2-12-29)27-20-7-3-5-17(13-20)21-16-34-25(28-21)19-6-4-10-26-15-19/h3-10,13-16H,1-2,11-12H2,(H,27,31). The smallest absolute Gasteiger partial charge is 0.293 e. The van der Waals surface area contributed by atoms with Gasteiger partial charge in [0.25, 0.3) is 11.6 Å². The lowest BCUT2D eigenvalue weighted by atomic mass is 10.1. The second-order valence-electron chi connectivity index (χ2n) is 7.97. The zero-order valence-corrected chi connectivity index (χ0v) is 19.0. The highest BCUT2D eigenvalue weighted by atomic mass is 32.1. The first-order valence-electron chi connectivity index (χ1n) is 10.9. The van der Waals surface area contributed by atoms with Crippen LogP contribution in [0.1, 0.15) is 23.2 Å². The Hall–Kier alpha value is -4.11. The molecule has 1 amide bonds. The van der Waals surface area contributed by atoms with Gasteiger partial charge in [0.05, 0.1) is 10.6 Å². The van der Waals surface area contributed by atoms with Crippen LogP contribution >= 0.6 is 11.3 Å². The van der Waals surface area contributed by atoms with Gasteiger partial charge in [-0.2, -0.15) is 0 Å². The summed E-state index contributed by atoms with van der Waals surface area (Å²) in [6, 6.07) is 15.9. The summed E-state index contributed by atoms with van der Waals surface area (Å²) in [4.78, 5) is 35.0. The SMILES string of the molecule is O=C(Nc1cccc(-c2csc(-c3cccnc3)n2)c1)c1ccc(N2CCCC2)c([N+](=O)[O-])c1. The van der Waals surface area contributed by atoms with Crippen molar-refractivity contribution in [1.29, 1.82) is 0 Å². The number of anilines is 2. The number of thiazole rings is 1. The maximum absolute atomic E-state index is 12.9. The second kappa shape index (κ2) is 9.40. The van der Waals surface area contributed by atoms with Crippen molar-refractivity contribution in [2.24, 2.45) is 0 Å². The highest BCUT2D eigenvalue weighted by molar-refractivity contribution is 7.13. The number of nitrogens with one attached hydrogen (secondary N) is 1. The molecule has 2 aromatic heterocycles. The number of benzene rings is 2. The molecule has 0 atom stereocenters. The monoisotopic (exact) mass is 471 g/mol. The van der Waals surface area contributed by atoms with Gasteiger partial charge in [-0.15, -0.1) is 11.3 Å². The van der Waals surface area contributed by atoms with Crippen LogP contribution in [-0.2, 0) is 0 Å². The minimum Gasteiger partial charge on any atom is -0.366 e. The summed E-state index contributed by atoms with van der Waals surface area (Å²) >= 11 is 1.52. The van der Waals surface area contributed by atoms with Crippen LogP contribution in [0.2, 0.25) is 0 Å². The Morgan fingerprint density at radius 2 is 1.88 bits per heavy atom. The number of carbonyl (C=O) groups excluding carboxylic acids is 1. The number of carbonyl (C=O) groups is 1. The van der Waals surface area contributed by atoms with Gasteiger partial charge >= 0.3 is 0 Å². The third-order valence-electron chi connectivity index (χ3n) is 5.71. The Morgan fingerprint density at radius 1 is 1.06 bits per heavy atom. The van der Waals surface area contributed by atoms with Crippen LogP contribution in [0.25, 0.3) is 21.8 Å². The quantitative estimate of drug-likeness (QED) is 0.289. The maximum atomic E-state index is 12.9. The van der Waals surface area contributed by atoms with E-state index in [1.54, 1.807) is 30.6 Å². The summed E-state index contributed by atoms with van der Waals surface area (Å²) < 4.78 is 0. The lowest BCUT2D eigenvalue weighted by molar-refractivity contribution is -0.384. The van der Waals surface area contributed by atoms with Crippen molar-refractivity contribution in [3.05, 3.63) is 88.0 Å². The molecule has 1 aliphatic heterocycles. The van der Waals surface area contributed by atoms with Gasteiger partial charge in [-0.25, -0.2) is 4.98 Å². The number of nitrogens with zero attached hydrogens (tertiary/aromatic N) is 4. The normalized spacial score (nSPS) is 13.1. The molecule has 0 radical (unpaired) electrons. The molecule has 4 aromatic rings. The number of hydrogen-bond donors (Lipinski definition) is 1. The average molecular weight is 472 g/mol. The Balaban J connectivity index is 1.36. The van der Waals surface area contributed by atoms with Crippen LogP contribution in [0.15, 0.2) is 72.4 Å². The number of rotatable bonds is 6. The fourth-order valence-corrected chi connectivity index (χ4v) is 4.84. The van der Waals surface area contributed by atoms with E-state index >= 15 is 0 Å². The van der Waals surface area contributed by atoms with Gasteiger partial charge in [0.1, 0.15) is 10.7 Å². The Bertz CT molecular complexity index is 1350. The summed E-state index contributed by atoms with van der Waals surface area (Å²) in [5.74, 6) is -0.400. The summed E-state index contributed by atoms with van der Waals surface area (Å²) in [5.41, 5.74) is 3.95. The van der Waals surface area contributed by atoms with Crippen molar-refractivity contribution in [1.82, 2.24) is 9.97 Å². The number of nitro groups is 1. The summed E-state index contributed by atoms with van der Waals surface area (Å²) in [5, 5.41) is 17.3. The van der Waals surface area contributed by atoms with E-state index in [9.17, 15) is 14.9 Å². The number of nitro benzene ring substituents is 1. The summed E-state index contributed by atoms with van der Waals surface area (Å²) in [6.07, 6.45) is 5.52. The lowest BCUT2D eigenvalue weighted by Gasteiger charge is -2.17. The van der Waals surface area contributed by atoms with E-state index in [4.69, 9.17) is 4.98 Å². The highest BCUT2D eigenvalue weighted by Crippen LogP contribution is 2.32. The number of hydrogen-bond acceptors (Lipinski definition) is 7.